The molecule has 0 amide bonds. The highest BCUT2D eigenvalue weighted by Crippen LogP contribution is 2.62. The third-order valence-corrected chi connectivity index (χ3v) is 18.4. The molecule has 0 unspecified atom stereocenters. The first kappa shape index (κ1) is 43.9. The third-order valence-electron chi connectivity index (χ3n) is 18.4. The van der Waals surface area contributed by atoms with E-state index in [1.807, 2.05) is 0 Å². The molecule has 0 nitrogen and oxygen atoms in total. The van der Waals surface area contributed by atoms with E-state index in [2.05, 4.69) is 269 Å². The van der Waals surface area contributed by atoms with Crippen LogP contribution in [-0.4, -0.2) is 0 Å². The van der Waals surface area contributed by atoms with Crippen LogP contribution in [0.15, 0.2) is 255 Å². The second-order valence-electron chi connectivity index (χ2n) is 22.6. The van der Waals surface area contributed by atoms with Crippen molar-refractivity contribution in [2.75, 3.05) is 0 Å². The summed E-state index contributed by atoms with van der Waals surface area (Å²) in [5.74, 6) is 0. The fourth-order valence-corrected chi connectivity index (χ4v) is 15.0. The summed E-state index contributed by atoms with van der Waals surface area (Å²) in [5.41, 5.74) is 28.1. The summed E-state index contributed by atoms with van der Waals surface area (Å²) in [6, 6.07) is 97.0. The van der Waals surface area contributed by atoms with E-state index in [-0.39, 0.29) is 0 Å². The SMILES string of the molecule is Cc1ccc(-c2cc(-c3ccccc3)c3c(c2-c2ccccc2)-c2ccc4c5ccc6c7ccc8c9c(ccc(c%10ccc(c%11ccc-3c2c%114)c5c%106)c97)-c2c(-c3ccccc3)cc(-c3ccc(C)cc3)c(-c3ccccc3)c2-8)cc1. The molecule has 0 N–H and O–H groups in total. The maximum Gasteiger partial charge on any atom is -0.000762 e. The van der Waals surface area contributed by atoms with Gasteiger partial charge in [0.1, 0.15) is 0 Å². The molecule has 0 radical (unpaired) electrons. The Kier molecular flexibility index (Phi) is 8.90. The van der Waals surface area contributed by atoms with Crippen molar-refractivity contribution in [3.05, 3.63) is 266 Å². The van der Waals surface area contributed by atoms with Gasteiger partial charge in [0.05, 0.1) is 0 Å². The summed E-state index contributed by atoms with van der Waals surface area (Å²) in [5, 5.41) is 18.6. The van der Waals surface area contributed by atoms with Gasteiger partial charge in [-0.2, -0.15) is 0 Å². The van der Waals surface area contributed by atoms with Gasteiger partial charge in [-0.15, -0.1) is 0 Å². The zero-order chi connectivity index (χ0) is 52.5. The van der Waals surface area contributed by atoms with E-state index in [0.29, 0.717) is 0 Å². The predicted molar refractivity (Wildman–Crippen MR) is 342 cm³/mol. The van der Waals surface area contributed by atoms with Gasteiger partial charge in [0, 0.05) is 0 Å². The summed E-state index contributed by atoms with van der Waals surface area (Å²) in [7, 11) is 0. The first-order valence-corrected chi connectivity index (χ1v) is 28.2. The lowest BCUT2D eigenvalue weighted by molar-refractivity contribution is 1.47. The highest BCUT2D eigenvalue weighted by Gasteiger charge is 2.35. The molecule has 0 heterocycles. The van der Waals surface area contributed by atoms with E-state index in [4.69, 9.17) is 0 Å². The van der Waals surface area contributed by atoms with E-state index in [0.717, 1.165) is 0 Å². The average Bonchev–Trinajstić information content (AvgIpc) is 3.95. The Bertz CT molecular complexity index is 4880. The van der Waals surface area contributed by atoms with Crippen molar-refractivity contribution >= 4 is 75.4 Å². The largest absolute Gasteiger partial charge is 0.0622 e. The van der Waals surface area contributed by atoms with E-state index >= 15 is 0 Å². The van der Waals surface area contributed by atoms with Gasteiger partial charge in [-0.1, -0.05) is 254 Å². The highest BCUT2D eigenvalue weighted by molar-refractivity contribution is 6.45. The van der Waals surface area contributed by atoms with Crippen LogP contribution in [0.4, 0.5) is 0 Å². The van der Waals surface area contributed by atoms with Gasteiger partial charge in [-0.3, -0.25) is 0 Å². The molecule has 0 saturated heterocycles. The van der Waals surface area contributed by atoms with Crippen molar-refractivity contribution in [2.45, 2.75) is 13.8 Å². The van der Waals surface area contributed by atoms with Crippen LogP contribution in [0.1, 0.15) is 11.1 Å². The van der Waals surface area contributed by atoms with Gasteiger partial charge in [-0.25, -0.2) is 0 Å². The Morgan fingerprint density at radius 3 is 0.713 bits per heavy atom. The lowest BCUT2D eigenvalue weighted by atomic mass is 9.82. The number of hydrogen-bond acceptors (Lipinski definition) is 0. The van der Waals surface area contributed by atoms with E-state index in [1.165, 1.54) is 198 Å². The summed E-state index contributed by atoms with van der Waals surface area (Å²) in [6.45, 7) is 4.35. The molecule has 2 aliphatic rings. The number of rotatable bonds is 6. The number of aryl methyl sites for hydroxylation is 2. The van der Waals surface area contributed by atoms with Gasteiger partial charge in [-0.05, 0) is 213 Å². The van der Waals surface area contributed by atoms with Gasteiger partial charge in [0.25, 0.3) is 0 Å². The van der Waals surface area contributed by atoms with Crippen LogP contribution in [-0.2, 0) is 0 Å². The maximum absolute atomic E-state index is 2.48. The van der Waals surface area contributed by atoms with E-state index in [9.17, 15) is 0 Å². The quantitative estimate of drug-likeness (QED) is 0.115. The molecule has 2 aliphatic carbocycles. The molecule has 0 aromatic heterocycles. The van der Waals surface area contributed by atoms with Crippen molar-refractivity contribution in [3.63, 3.8) is 0 Å². The first-order valence-electron chi connectivity index (χ1n) is 28.2. The van der Waals surface area contributed by atoms with Crippen molar-refractivity contribution in [2.24, 2.45) is 0 Å². The Morgan fingerprint density at radius 2 is 0.400 bits per heavy atom. The zero-order valence-electron chi connectivity index (χ0n) is 44.2. The standard InChI is InChI=1S/C80H48/c1-45-23-27-49(28-24-45)65-43-67(47-15-7-3-8-16-47)77-61-39-35-57-53-31-32-54-58-36-40-62-76-64(80-70(52-21-13-6-14-22-52)66(50-29-25-46(2)26-30-50)44-68(78(62)80)48-17-9-4-10-18-48)42-38-60(74(58)76)56-34-33-55(71(53)72(54)56)59-37-41-63(75(61)73(57)59)79(77)69(65)51-19-11-5-12-20-51/h3-44H,1-2H3. The summed E-state index contributed by atoms with van der Waals surface area (Å²) in [4.78, 5) is 0. The normalized spacial score (nSPS) is 12.4. The van der Waals surface area contributed by atoms with Crippen LogP contribution in [0.25, 0.3) is 187 Å². The molecule has 368 valence electrons. The van der Waals surface area contributed by atoms with Crippen molar-refractivity contribution in [1.82, 2.24) is 0 Å². The number of hydrogen-bond donors (Lipinski definition) is 0. The second kappa shape index (κ2) is 16.2. The van der Waals surface area contributed by atoms with Crippen LogP contribution in [0.5, 0.6) is 0 Å². The Hall–Kier alpha value is -10.1. The minimum absolute atomic E-state index is 1.23. The van der Waals surface area contributed by atoms with Crippen LogP contribution < -0.4 is 0 Å². The van der Waals surface area contributed by atoms with Gasteiger partial charge < -0.3 is 0 Å². The Morgan fingerprint density at radius 1 is 0.163 bits per heavy atom. The fourth-order valence-electron chi connectivity index (χ4n) is 15.0. The summed E-state index contributed by atoms with van der Waals surface area (Å²) < 4.78 is 0. The topological polar surface area (TPSA) is 0 Å². The molecule has 0 spiro atoms. The summed E-state index contributed by atoms with van der Waals surface area (Å²) in [6.07, 6.45) is 0. The van der Waals surface area contributed by atoms with Gasteiger partial charge in [0.15, 0.2) is 0 Å². The minimum atomic E-state index is 1.23. The summed E-state index contributed by atoms with van der Waals surface area (Å²) >= 11 is 0. The van der Waals surface area contributed by atoms with Gasteiger partial charge >= 0.3 is 0 Å². The molecule has 0 bridgehead atoms. The molecule has 0 atom stereocenters. The van der Waals surface area contributed by atoms with Crippen LogP contribution in [0.3, 0.4) is 0 Å². The maximum atomic E-state index is 2.48. The third kappa shape index (κ3) is 5.84. The molecule has 80 heavy (non-hydrogen) atoms. The monoisotopic (exact) mass is 1010 g/mol. The minimum Gasteiger partial charge on any atom is -0.0622 e. The highest BCUT2D eigenvalue weighted by atomic mass is 14.4. The van der Waals surface area contributed by atoms with Crippen molar-refractivity contribution in [3.8, 4) is 111 Å². The molecule has 16 aromatic carbocycles. The molecule has 0 fully saturated rings. The van der Waals surface area contributed by atoms with Crippen molar-refractivity contribution in [1.29, 1.82) is 0 Å². The molecule has 0 aliphatic heterocycles. The van der Waals surface area contributed by atoms with Crippen LogP contribution in [0, 0.1) is 13.8 Å². The van der Waals surface area contributed by atoms with Crippen molar-refractivity contribution < 1.29 is 0 Å². The van der Waals surface area contributed by atoms with Gasteiger partial charge in [0.2, 0.25) is 0 Å². The van der Waals surface area contributed by atoms with E-state index in [1.54, 1.807) is 0 Å². The predicted octanol–water partition coefficient (Wildman–Crippen LogP) is 22.5. The molecule has 16 aromatic rings. The smallest absolute Gasteiger partial charge is 0.000762 e. The molecule has 0 heteroatoms. The van der Waals surface area contributed by atoms with Crippen LogP contribution in [0.2, 0.25) is 0 Å². The molecule has 0 saturated carbocycles. The molecule has 18 rings (SSSR count). The molecular formula is C80H48. The Balaban J connectivity index is 0.913. The average molecular weight is 1010 g/mol. The van der Waals surface area contributed by atoms with Crippen LogP contribution >= 0.6 is 0 Å². The Labute approximate surface area is 463 Å². The first-order chi connectivity index (χ1) is 39.6. The fraction of sp³-hybridized carbons (Fsp3) is 0.0250. The lowest BCUT2D eigenvalue weighted by Crippen LogP contribution is -1.94. The lowest BCUT2D eigenvalue weighted by Gasteiger charge is -2.21. The zero-order valence-corrected chi connectivity index (χ0v) is 44.2. The second-order valence-corrected chi connectivity index (χ2v) is 22.6. The molecular weight excluding hydrogens is 961 g/mol. The number of fused-ring (bicyclic) bond motifs is 10. The number of benzene rings is 16. The van der Waals surface area contributed by atoms with E-state index < -0.39 is 0 Å².